The van der Waals surface area contributed by atoms with E-state index in [1.54, 1.807) is 53.0 Å². The number of likely N-dealkylation sites (tertiary alicyclic amines) is 1. The van der Waals surface area contributed by atoms with Crippen LogP contribution in [-0.4, -0.2) is 68.7 Å². The number of amidine groups is 1. The summed E-state index contributed by atoms with van der Waals surface area (Å²) in [6.07, 6.45) is 3.09. The van der Waals surface area contributed by atoms with Crippen LogP contribution in [0, 0.1) is 17.0 Å². The number of aromatic hydroxyl groups is 1. The Morgan fingerprint density at radius 2 is 1.93 bits per heavy atom. The summed E-state index contributed by atoms with van der Waals surface area (Å²) >= 11 is 0. The Bertz CT molecular complexity index is 1700. The van der Waals surface area contributed by atoms with E-state index >= 15 is 8.78 Å². The fourth-order valence-corrected chi connectivity index (χ4v) is 4.63. The van der Waals surface area contributed by atoms with Crippen molar-refractivity contribution in [1.82, 2.24) is 19.4 Å². The Morgan fingerprint density at radius 3 is 2.64 bits per heavy atom. The molecule has 0 amide bonds. The van der Waals surface area contributed by atoms with E-state index in [9.17, 15) is 9.90 Å². The normalized spacial score (nSPS) is 14.8. The number of halogens is 2. The second kappa shape index (κ2) is 13.0. The minimum atomic E-state index is -1.28. The Hall–Kier alpha value is -5.24. The standard InChI is InChI=1S/C30H30F2N6O6/c1-3-41-23(40)16-38-11-9-20(15-38)42-26-24(31)29(43-19-6-4-5-18(13-19)28-35-10-12-37(28)2)36-30(25(26)32)44-22-14-17(27(33)34)7-8-21(22)39/h4-8,10,12-14,20,39H,3,9,11,15-16H2,1-2H3,(H3,33,34). The van der Waals surface area contributed by atoms with Crippen molar-refractivity contribution in [3.63, 3.8) is 0 Å². The van der Waals surface area contributed by atoms with Gasteiger partial charge in [0, 0.05) is 43.7 Å². The quantitative estimate of drug-likeness (QED) is 0.127. The molecule has 44 heavy (non-hydrogen) atoms. The number of pyridine rings is 1. The minimum absolute atomic E-state index is 0.00976. The highest BCUT2D eigenvalue weighted by molar-refractivity contribution is 5.95. The monoisotopic (exact) mass is 608 g/mol. The Kier molecular flexibility index (Phi) is 8.90. The number of carbonyl (C=O) groups is 1. The van der Waals surface area contributed by atoms with Gasteiger partial charge in [-0.2, -0.15) is 13.8 Å². The maximum absolute atomic E-state index is 15.9. The molecule has 3 heterocycles. The number of aryl methyl sites for hydroxylation is 1. The molecule has 1 fully saturated rings. The van der Waals surface area contributed by atoms with Crippen molar-refractivity contribution in [3.05, 3.63) is 72.1 Å². The molecule has 230 valence electrons. The van der Waals surface area contributed by atoms with Crippen LogP contribution in [0.4, 0.5) is 8.78 Å². The second-order valence-electron chi connectivity index (χ2n) is 9.94. The average Bonchev–Trinajstić information content (AvgIpc) is 3.63. The molecule has 0 spiro atoms. The summed E-state index contributed by atoms with van der Waals surface area (Å²) in [5.74, 6) is -5.35. The maximum Gasteiger partial charge on any atom is 0.320 e. The Labute approximate surface area is 251 Å². The molecular weight excluding hydrogens is 578 g/mol. The van der Waals surface area contributed by atoms with Crippen molar-refractivity contribution in [2.75, 3.05) is 26.2 Å². The van der Waals surface area contributed by atoms with Crippen LogP contribution in [0.3, 0.4) is 0 Å². The van der Waals surface area contributed by atoms with Crippen molar-refractivity contribution in [2.45, 2.75) is 19.4 Å². The zero-order valence-corrected chi connectivity index (χ0v) is 23.9. The first kappa shape index (κ1) is 30.2. The molecule has 12 nitrogen and oxygen atoms in total. The number of hydrogen-bond acceptors (Lipinski definition) is 10. The number of phenolic OH excluding ortho intramolecular Hbond substituents is 1. The number of nitrogens with zero attached hydrogens (tertiary/aromatic N) is 4. The largest absolute Gasteiger partial charge is 0.504 e. The lowest BCUT2D eigenvalue weighted by Gasteiger charge is -2.19. The number of nitrogens with one attached hydrogen (secondary N) is 1. The highest BCUT2D eigenvalue weighted by atomic mass is 19.1. The zero-order valence-electron chi connectivity index (χ0n) is 23.9. The van der Waals surface area contributed by atoms with Gasteiger partial charge in [-0.3, -0.25) is 15.1 Å². The van der Waals surface area contributed by atoms with Crippen molar-refractivity contribution < 1.29 is 37.6 Å². The van der Waals surface area contributed by atoms with Crippen LogP contribution in [-0.2, 0) is 16.6 Å². The third-order valence-corrected chi connectivity index (χ3v) is 6.75. The highest BCUT2D eigenvalue weighted by Gasteiger charge is 2.32. The number of imidazole rings is 1. The molecule has 0 saturated carbocycles. The van der Waals surface area contributed by atoms with Gasteiger partial charge in [0.1, 0.15) is 23.5 Å². The number of esters is 1. The summed E-state index contributed by atoms with van der Waals surface area (Å²) in [7, 11) is 1.82. The molecule has 1 aliphatic heterocycles. The van der Waals surface area contributed by atoms with Crippen molar-refractivity contribution >= 4 is 11.8 Å². The van der Waals surface area contributed by atoms with Crippen LogP contribution in [0.15, 0.2) is 54.9 Å². The van der Waals surface area contributed by atoms with Gasteiger partial charge >= 0.3 is 5.97 Å². The summed E-state index contributed by atoms with van der Waals surface area (Å²) in [5.41, 5.74) is 6.40. The molecule has 4 aromatic rings. The van der Waals surface area contributed by atoms with Crippen molar-refractivity contribution in [3.8, 4) is 46.1 Å². The van der Waals surface area contributed by atoms with Gasteiger partial charge in [-0.25, -0.2) is 4.98 Å². The van der Waals surface area contributed by atoms with Gasteiger partial charge in [0.2, 0.25) is 17.4 Å². The SMILES string of the molecule is CCOC(=O)CN1CCC(Oc2c(F)c(Oc3cccc(-c4nccn4C)c3)nc(Oc3cc(C(=N)N)ccc3O)c2F)C1. The third kappa shape index (κ3) is 6.70. The topological polar surface area (TPSA) is 158 Å². The van der Waals surface area contributed by atoms with Gasteiger partial charge in [-0.15, -0.1) is 0 Å². The number of carbonyl (C=O) groups excluding carboxylic acids is 1. The number of aromatic nitrogens is 3. The molecule has 1 unspecified atom stereocenters. The lowest BCUT2D eigenvalue weighted by atomic mass is 10.2. The van der Waals surface area contributed by atoms with E-state index in [2.05, 4.69) is 9.97 Å². The molecule has 1 atom stereocenters. The highest BCUT2D eigenvalue weighted by Crippen LogP contribution is 2.40. The van der Waals surface area contributed by atoms with Crippen molar-refractivity contribution in [1.29, 1.82) is 5.41 Å². The second-order valence-corrected chi connectivity index (χ2v) is 9.94. The van der Waals surface area contributed by atoms with Gasteiger partial charge in [0.15, 0.2) is 11.5 Å². The molecule has 4 N–H and O–H groups in total. The fraction of sp³-hybridized carbons (Fsp3) is 0.267. The van der Waals surface area contributed by atoms with Gasteiger partial charge in [0.05, 0.1) is 13.2 Å². The predicted molar refractivity (Wildman–Crippen MR) is 154 cm³/mol. The van der Waals surface area contributed by atoms with E-state index in [0.717, 1.165) is 0 Å². The molecule has 0 radical (unpaired) electrons. The molecule has 0 bridgehead atoms. The summed E-state index contributed by atoms with van der Waals surface area (Å²) in [6.45, 7) is 2.60. The first-order valence-electron chi connectivity index (χ1n) is 13.7. The first-order valence-corrected chi connectivity index (χ1v) is 13.7. The number of benzene rings is 2. The molecule has 2 aromatic heterocycles. The summed E-state index contributed by atoms with van der Waals surface area (Å²) in [4.78, 5) is 21.9. The van der Waals surface area contributed by atoms with Crippen LogP contribution >= 0.6 is 0 Å². The zero-order chi connectivity index (χ0) is 31.4. The maximum atomic E-state index is 15.9. The van der Waals surface area contributed by atoms with Crippen molar-refractivity contribution in [2.24, 2.45) is 12.8 Å². The lowest BCUT2D eigenvalue weighted by Crippen LogP contribution is -2.31. The fourth-order valence-electron chi connectivity index (χ4n) is 4.63. The average molecular weight is 609 g/mol. The number of rotatable bonds is 11. The van der Waals surface area contributed by atoms with Crippen LogP contribution < -0.4 is 19.9 Å². The van der Waals surface area contributed by atoms with Gasteiger partial charge < -0.3 is 34.4 Å². The number of ether oxygens (including phenoxy) is 4. The van der Waals surface area contributed by atoms with Gasteiger partial charge in [-0.05, 0) is 43.7 Å². The van der Waals surface area contributed by atoms with E-state index in [4.69, 9.17) is 30.1 Å². The predicted octanol–water partition coefficient (Wildman–Crippen LogP) is 4.35. The van der Waals surface area contributed by atoms with Gasteiger partial charge in [0.25, 0.3) is 11.8 Å². The molecule has 14 heteroatoms. The summed E-state index contributed by atoms with van der Waals surface area (Å²) in [6, 6.07) is 10.4. The molecule has 2 aromatic carbocycles. The van der Waals surface area contributed by atoms with E-state index in [0.29, 0.717) is 24.4 Å². The van der Waals surface area contributed by atoms with Crippen LogP contribution in [0.2, 0.25) is 0 Å². The van der Waals surface area contributed by atoms with Crippen LogP contribution in [0.5, 0.6) is 34.8 Å². The number of nitrogens with two attached hydrogens (primary N) is 1. The lowest BCUT2D eigenvalue weighted by molar-refractivity contribution is -0.144. The molecule has 1 saturated heterocycles. The van der Waals surface area contributed by atoms with E-state index < -0.39 is 47.0 Å². The van der Waals surface area contributed by atoms with Crippen LogP contribution in [0.1, 0.15) is 18.9 Å². The first-order chi connectivity index (χ1) is 21.1. The molecule has 0 aliphatic carbocycles. The summed E-state index contributed by atoms with van der Waals surface area (Å²) < 4.78 is 55.6. The molecule has 5 rings (SSSR count). The molecular formula is C30H30F2N6O6. The number of phenols is 1. The van der Waals surface area contributed by atoms with Gasteiger partial charge in [-0.1, -0.05) is 12.1 Å². The smallest absolute Gasteiger partial charge is 0.320 e. The minimum Gasteiger partial charge on any atom is -0.504 e. The third-order valence-electron chi connectivity index (χ3n) is 6.75. The number of nitrogen functional groups attached to an aromatic ring is 1. The summed E-state index contributed by atoms with van der Waals surface area (Å²) in [5, 5.41) is 18.0. The van der Waals surface area contributed by atoms with E-state index in [1.165, 1.54) is 18.2 Å². The van der Waals surface area contributed by atoms with E-state index in [-0.39, 0.29) is 42.6 Å². The molecule has 1 aliphatic rings. The van der Waals surface area contributed by atoms with Crippen LogP contribution in [0.25, 0.3) is 11.4 Å². The number of hydrogen-bond donors (Lipinski definition) is 3. The Balaban J connectivity index is 1.49. The Morgan fingerprint density at radius 1 is 1.16 bits per heavy atom. The van der Waals surface area contributed by atoms with E-state index in [1.807, 2.05) is 7.05 Å².